The predicted molar refractivity (Wildman–Crippen MR) is 126 cm³/mol. The first-order chi connectivity index (χ1) is 15.8. The van der Waals surface area contributed by atoms with E-state index in [1.807, 2.05) is 42.5 Å². The molecule has 0 spiro atoms. The maximum Gasteiger partial charge on any atom is 0.262 e. The summed E-state index contributed by atoms with van der Waals surface area (Å²) in [7, 11) is -2.58. The van der Waals surface area contributed by atoms with Crippen LogP contribution in [0.5, 0.6) is 5.75 Å². The highest BCUT2D eigenvalue weighted by Crippen LogP contribution is 2.30. The maximum atomic E-state index is 13.2. The van der Waals surface area contributed by atoms with Gasteiger partial charge >= 0.3 is 0 Å². The number of fused-ring (bicyclic) bond motifs is 1. The Morgan fingerprint density at radius 3 is 2.36 bits per heavy atom. The summed E-state index contributed by atoms with van der Waals surface area (Å²) >= 11 is 0. The predicted octanol–water partition coefficient (Wildman–Crippen LogP) is 4.97. The normalized spacial score (nSPS) is 11.2. The molecule has 4 aromatic carbocycles. The second-order valence-electron chi connectivity index (χ2n) is 7.38. The summed E-state index contributed by atoms with van der Waals surface area (Å²) < 4.78 is 46.2. The third-order valence-electron chi connectivity index (χ3n) is 5.03. The zero-order valence-corrected chi connectivity index (χ0v) is 18.5. The number of methoxy groups -OCH3 is 1. The van der Waals surface area contributed by atoms with Crippen molar-refractivity contribution in [1.29, 1.82) is 0 Å². The lowest BCUT2D eigenvalue weighted by Crippen LogP contribution is -2.16. The van der Waals surface area contributed by atoms with Gasteiger partial charge in [0, 0.05) is 5.69 Å². The van der Waals surface area contributed by atoms with Crippen LogP contribution in [0, 0.1) is 5.82 Å². The molecule has 2 N–H and O–H groups in total. The van der Waals surface area contributed by atoms with Crippen LogP contribution in [0.1, 0.15) is 5.56 Å². The fourth-order valence-corrected chi connectivity index (χ4v) is 4.48. The van der Waals surface area contributed by atoms with Crippen molar-refractivity contribution in [3.63, 3.8) is 0 Å². The van der Waals surface area contributed by atoms with E-state index in [0.717, 1.165) is 28.5 Å². The summed E-state index contributed by atoms with van der Waals surface area (Å²) in [5, 5.41) is 4.92. The Hall–Kier alpha value is -3.91. The number of nitrogens with one attached hydrogen (secondary N) is 2. The first-order valence-electron chi connectivity index (χ1n) is 10.1. The van der Waals surface area contributed by atoms with E-state index in [1.54, 1.807) is 12.1 Å². The van der Waals surface area contributed by atoms with E-state index in [0.29, 0.717) is 5.69 Å². The molecule has 4 aromatic rings. The Bertz CT molecular complexity index is 1420. The van der Waals surface area contributed by atoms with Crippen molar-refractivity contribution in [2.24, 2.45) is 0 Å². The molecular weight excluding hydrogens is 443 g/mol. The number of rotatable bonds is 7. The standard InChI is InChI=1S/C25H21FN2O4S/c1-32-24-13-10-21(16-23(24)28-33(30,31)22-11-8-20(26)9-12-22)27-25(29)15-17-6-7-18-4-2-3-5-19(18)14-17/h2-14,16,28H,15H2,1H3,(H,27,29). The lowest BCUT2D eigenvalue weighted by Gasteiger charge is -2.14. The second-order valence-corrected chi connectivity index (χ2v) is 9.06. The van der Waals surface area contributed by atoms with E-state index in [9.17, 15) is 17.6 Å². The Balaban J connectivity index is 1.51. The third-order valence-corrected chi connectivity index (χ3v) is 6.41. The van der Waals surface area contributed by atoms with Gasteiger partial charge in [-0.1, -0.05) is 42.5 Å². The van der Waals surface area contributed by atoms with Gasteiger partial charge in [-0.2, -0.15) is 0 Å². The molecule has 4 rings (SSSR count). The first-order valence-corrected chi connectivity index (χ1v) is 11.6. The summed E-state index contributed by atoms with van der Waals surface area (Å²) in [5.41, 5.74) is 1.40. The van der Waals surface area contributed by atoms with Crippen molar-refractivity contribution in [1.82, 2.24) is 0 Å². The summed E-state index contributed by atoms with van der Waals surface area (Å²) in [4.78, 5) is 12.5. The molecule has 0 fully saturated rings. The molecule has 0 aliphatic heterocycles. The minimum absolute atomic E-state index is 0.100. The van der Waals surface area contributed by atoms with Gasteiger partial charge in [-0.15, -0.1) is 0 Å². The summed E-state index contributed by atoms with van der Waals surface area (Å²) in [6, 6.07) is 22.8. The molecule has 6 nitrogen and oxygen atoms in total. The lowest BCUT2D eigenvalue weighted by molar-refractivity contribution is -0.115. The van der Waals surface area contributed by atoms with Gasteiger partial charge in [0.05, 0.1) is 24.1 Å². The van der Waals surface area contributed by atoms with E-state index >= 15 is 0 Å². The fraction of sp³-hybridized carbons (Fsp3) is 0.0800. The minimum atomic E-state index is -3.99. The van der Waals surface area contributed by atoms with E-state index in [4.69, 9.17) is 4.74 Å². The van der Waals surface area contributed by atoms with Crippen molar-refractivity contribution in [2.45, 2.75) is 11.3 Å². The molecule has 0 bridgehead atoms. The lowest BCUT2D eigenvalue weighted by atomic mass is 10.0. The van der Waals surface area contributed by atoms with Crippen LogP contribution in [0.2, 0.25) is 0 Å². The molecular formula is C25H21FN2O4S. The highest BCUT2D eigenvalue weighted by Gasteiger charge is 2.17. The average molecular weight is 465 g/mol. The van der Waals surface area contributed by atoms with Gasteiger partial charge in [-0.3, -0.25) is 9.52 Å². The summed E-state index contributed by atoms with van der Waals surface area (Å²) in [6.07, 6.45) is 0.160. The number of anilines is 2. The van der Waals surface area contributed by atoms with Crippen LogP contribution in [-0.4, -0.2) is 21.4 Å². The van der Waals surface area contributed by atoms with Crippen LogP contribution in [0.15, 0.2) is 89.8 Å². The van der Waals surface area contributed by atoms with Crippen LogP contribution in [0.4, 0.5) is 15.8 Å². The Morgan fingerprint density at radius 2 is 1.64 bits per heavy atom. The summed E-state index contributed by atoms with van der Waals surface area (Å²) in [5.74, 6) is -0.515. The van der Waals surface area contributed by atoms with Crippen LogP contribution in [-0.2, 0) is 21.2 Å². The Kier molecular flexibility index (Phi) is 6.28. The minimum Gasteiger partial charge on any atom is -0.495 e. The summed E-state index contributed by atoms with van der Waals surface area (Å²) in [6.45, 7) is 0. The number of amides is 1. The van der Waals surface area contributed by atoms with Crippen molar-refractivity contribution < 1.29 is 22.3 Å². The van der Waals surface area contributed by atoms with Crippen LogP contribution < -0.4 is 14.8 Å². The Morgan fingerprint density at radius 1 is 0.909 bits per heavy atom. The van der Waals surface area contributed by atoms with Crippen LogP contribution in [0.25, 0.3) is 10.8 Å². The number of sulfonamides is 1. The molecule has 0 radical (unpaired) electrons. The van der Waals surface area contributed by atoms with Crippen LogP contribution >= 0.6 is 0 Å². The van der Waals surface area contributed by atoms with Crippen molar-refractivity contribution in [3.8, 4) is 5.75 Å². The van der Waals surface area contributed by atoms with Gasteiger partial charge < -0.3 is 10.1 Å². The Labute approximate surface area is 191 Å². The molecule has 1 amide bonds. The number of benzene rings is 4. The van der Waals surface area contributed by atoms with E-state index < -0.39 is 15.8 Å². The molecule has 0 saturated heterocycles. The van der Waals surface area contributed by atoms with Gasteiger partial charge in [0.2, 0.25) is 5.91 Å². The molecule has 33 heavy (non-hydrogen) atoms. The van der Waals surface area contributed by atoms with Crippen LogP contribution in [0.3, 0.4) is 0 Å². The van der Waals surface area contributed by atoms with E-state index in [2.05, 4.69) is 10.0 Å². The zero-order valence-electron chi connectivity index (χ0n) is 17.7. The van der Waals surface area contributed by atoms with E-state index in [-0.39, 0.29) is 28.7 Å². The van der Waals surface area contributed by atoms with Crippen molar-refractivity contribution in [3.05, 3.63) is 96.3 Å². The number of hydrogen-bond acceptors (Lipinski definition) is 4. The average Bonchev–Trinajstić information content (AvgIpc) is 2.79. The quantitative estimate of drug-likeness (QED) is 0.405. The van der Waals surface area contributed by atoms with E-state index in [1.165, 1.54) is 25.3 Å². The molecule has 0 aliphatic carbocycles. The largest absolute Gasteiger partial charge is 0.495 e. The first kappa shape index (κ1) is 22.3. The molecule has 0 heterocycles. The number of carbonyl (C=O) groups is 1. The molecule has 0 aliphatic rings. The molecule has 0 saturated carbocycles. The number of carbonyl (C=O) groups excluding carboxylic acids is 1. The zero-order chi connectivity index (χ0) is 23.4. The monoisotopic (exact) mass is 464 g/mol. The highest BCUT2D eigenvalue weighted by atomic mass is 32.2. The fourth-order valence-electron chi connectivity index (χ4n) is 3.42. The number of ether oxygens (including phenoxy) is 1. The third kappa shape index (κ3) is 5.30. The van der Waals surface area contributed by atoms with Crippen molar-refractivity contribution >= 4 is 38.1 Å². The molecule has 8 heteroatoms. The molecule has 0 aromatic heterocycles. The molecule has 0 atom stereocenters. The number of hydrogen-bond donors (Lipinski definition) is 2. The highest BCUT2D eigenvalue weighted by molar-refractivity contribution is 7.92. The van der Waals surface area contributed by atoms with Gasteiger partial charge in [0.1, 0.15) is 11.6 Å². The maximum absolute atomic E-state index is 13.2. The van der Waals surface area contributed by atoms with Gasteiger partial charge in [-0.05, 0) is 58.8 Å². The number of halogens is 1. The smallest absolute Gasteiger partial charge is 0.262 e. The SMILES string of the molecule is COc1ccc(NC(=O)Cc2ccc3ccccc3c2)cc1NS(=O)(=O)c1ccc(F)cc1. The van der Waals surface area contributed by atoms with Crippen molar-refractivity contribution in [2.75, 3.05) is 17.1 Å². The molecule has 0 unspecified atom stereocenters. The van der Waals surface area contributed by atoms with Gasteiger partial charge in [0.25, 0.3) is 10.0 Å². The second kappa shape index (κ2) is 9.30. The van der Waals surface area contributed by atoms with Gasteiger partial charge in [0.15, 0.2) is 0 Å². The molecule has 168 valence electrons. The topological polar surface area (TPSA) is 84.5 Å². The van der Waals surface area contributed by atoms with Gasteiger partial charge in [-0.25, -0.2) is 12.8 Å².